The Hall–Kier alpha value is -2.83. The summed E-state index contributed by atoms with van der Waals surface area (Å²) in [7, 11) is 0. The zero-order chi connectivity index (χ0) is 19.1. The van der Waals surface area contributed by atoms with E-state index in [1.165, 1.54) is 0 Å². The van der Waals surface area contributed by atoms with Crippen LogP contribution in [0.4, 0.5) is 0 Å². The van der Waals surface area contributed by atoms with Crippen molar-refractivity contribution >= 4 is 34.2 Å². The molecule has 2 N–H and O–H groups in total. The molecule has 2 aliphatic heterocycles. The molecule has 0 atom stereocenters. The van der Waals surface area contributed by atoms with Crippen molar-refractivity contribution in [2.75, 3.05) is 13.1 Å². The fourth-order valence-electron chi connectivity index (χ4n) is 3.84. The number of carbonyl (C=O) groups excluding carboxylic acids is 1. The van der Waals surface area contributed by atoms with Gasteiger partial charge in [-0.15, -0.1) is 0 Å². The average molecular weight is 395 g/mol. The van der Waals surface area contributed by atoms with Crippen LogP contribution in [-0.4, -0.2) is 40.4 Å². The van der Waals surface area contributed by atoms with Gasteiger partial charge in [0.1, 0.15) is 0 Å². The van der Waals surface area contributed by atoms with E-state index < -0.39 is 5.72 Å². The standard InChI is InChI=1S/C21H19ClN4O2/c22-15-6-4-14(5-7-15)19-24-21(28-25-19)9-12-26(13-10-21)20(27)17-2-1-3-18-16(17)8-11-23-18/h1-8,11,23H,9-10,12-13H2,(H,24,25). The van der Waals surface area contributed by atoms with Crippen LogP contribution in [0.15, 0.2) is 59.7 Å². The topological polar surface area (TPSA) is 69.7 Å². The number of aromatic amines is 1. The summed E-state index contributed by atoms with van der Waals surface area (Å²) in [6.07, 6.45) is 3.15. The number of likely N-dealkylation sites (tertiary alicyclic amines) is 1. The monoisotopic (exact) mass is 394 g/mol. The first-order valence-corrected chi connectivity index (χ1v) is 9.67. The van der Waals surface area contributed by atoms with Gasteiger partial charge in [-0.2, -0.15) is 0 Å². The van der Waals surface area contributed by atoms with Crippen LogP contribution in [0.1, 0.15) is 28.8 Å². The molecule has 3 aromatic rings. The van der Waals surface area contributed by atoms with E-state index in [2.05, 4.69) is 10.5 Å². The smallest absolute Gasteiger partial charge is 0.254 e. The summed E-state index contributed by atoms with van der Waals surface area (Å²) in [4.78, 5) is 28.7. The quantitative estimate of drug-likeness (QED) is 0.695. The first-order chi connectivity index (χ1) is 13.6. The summed E-state index contributed by atoms with van der Waals surface area (Å²) in [6.45, 7) is 1.19. The van der Waals surface area contributed by atoms with Gasteiger partial charge in [-0.25, -0.2) is 15.3 Å². The highest BCUT2D eigenvalue weighted by molar-refractivity contribution is 6.30. The predicted octanol–water partition coefficient (Wildman–Crippen LogP) is 3.74. The maximum Gasteiger partial charge on any atom is 0.254 e. The van der Waals surface area contributed by atoms with Gasteiger partial charge in [-0.1, -0.05) is 17.7 Å². The molecule has 0 bridgehead atoms. The zero-order valence-electron chi connectivity index (χ0n) is 15.1. The normalized spacial score (nSPS) is 18.3. The second-order valence-electron chi connectivity index (χ2n) is 7.15. The lowest BCUT2D eigenvalue weighted by Gasteiger charge is -2.35. The maximum absolute atomic E-state index is 13.0. The first kappa shape index (κ1) is 17.3. The van der Waals surface area contributed by atoms with E-state index in [1.54, 1.807) is 0 Å². The third kappa shape index (κ3) is 2.95. The molecule has 2 aliphatic rings. The van der Waals surface area contributed by atoms with Gasteiger partial charge in [-0.05, 0) is 42.5 Å². The van der Waals surface area contributed by atoms with E-state index >= 15 is 0 Å². The summed E-state index contributed by atoms with van der Waals surface area (Å²) in [5.74, 6) is 0.751. The third-order valence-electron chi connectivity index (χ3n) is 5.43. The van der Waals surface area contributed by atoms with Crippen LogP contribution in [0, 0.1) is 0 Å². The molecule has 28 heavy (non-hydrogen) atoms. The number of hydrogen-bond acceptors (Lipinski definition) is 4. The fraction of sp³-hybridized carbons (Fsp3) is 0.238. The lowest BCUT2D eigenvalue weighted by atomic mass is 9.99. The Labute approximate surface area is 167 Å². The molecule has 3 heterocycles. The maximum atomic E-state index is 13.0. The summed E-state index contributed by atoms with van der Waals surface area (Å²) >= 11 is 5.95. The molecule has 1 saturated heterocycles. The van der Waals surface area contributed by atoms with E-state index in [1.807, 2.05) is 59.6 Å². The number of H-pyrrole nitrogens is 1. The number of rotatable bonds is 2. The van der Waals surface area contributed by atoms with Crippen molar-refractivity contribution in [1.82, 2.24) is 15.4 Å². The summed E-state index contributed by atoms with van der Waals surface area (Å²) in [6, 6.07) is 15.2. The minimum absolute atomic E-state index is 0.0490. The van der Waals surface area contributed by atoms with Gasteiger partial charge in [0.2, 0.25) is 0 Å². The lowest BCUT2D eigenvalue weighted by molar-refractivity contribution is -0.0849. The van der Waals surface area contributed by atoms with Crippen LogP contribution >= 0.6 is 11.6 Å². The number of aliphatic imine (C=N–C) groups is 1. The van der Waals surface area contributed by atoms with E-state index in [-0.39, 0.29) is 5.91 Å². The highest BCUT2D eigenvalue weighted by Crippen LogP contribution is 2.32. The van der Waals surface area contributed by atoms with Gasteiger partial charge in [0, 0.05) is 59.2 Å². The first-order valence-electron chi connectivity index (χ1n) is 9.29. The van der Waals surface area contributed by atoms with Crippen LogP contribution < -0.4 is 5.48 Å². The molecule has 1 spiro atoms. The molecule has 0 radical (unpaired) electrons. The van der Waals surface area contributed by atoms with Crippen molar-refractivity contribution < 1.29 is 9.63 Å². The second-order valence-corrected chi connectivity index (χ2v) is 7.59. The lowest BCUT2D eigenvalue weighted by Crippen LogP contribution is -2.46. The average Bonchev–Trinajstić information content (AvgIpc) is 3.36. The van der Waals surface area contributed by atoms with Crippen molar-refractivity contribution in [3.05, 3.63) is 70.9 Å². The molecule has 0 unspecified atom stereocenters. The molecule has 1 fully saturated rings. The van der Waals surface area contributed by atoms with Crippen molar-refractivity contribution in [2.45, 2.75) is 18.6 Å². The molecule has 142 valence electrons. The van der Waals surface area contributed by atoms with E-state index in [0.717, 1.165) is 22.0 Å². The number of carbonyl (C=O) groups is 1. The largest absolute Gasteiger partial charge is 0.361 e. The van der Waals surface area contributed by atoms with Crippen molar-refractivity contribution in [3.8, 4) is 0 Å². The summed E-state index contributed by atoms with van der Waals surface area (Å²) in [5, 5.41) is 1.64. The van der Waals surface area contributed by atoms with Crippen molar-refractivity contribution in [1.29, 1.82) is 0 Å². The Morgan fingerprint density at radius 1 is 1.11 bits per heavy atom. The molecule has 0 aliphatic carbocycles. The highest BCUT2D eigenvalue weighted by atomic mass is 35.5. The molecule has 1 amide bonds. The predicted molar refractivity (Wildman–Crippen MR) is 108 cm³/mol. The number of piperidine rings is 1. The number of halogens is 1. The number of aromatic nitrogens is 1. The summed E-state index contributed by atoms with van der Waals surface area (Å²) in [5.41, 5.74) is 4.96. The number of amides is 1. The van der Waals surface area contributed by atoms with Crippen LogP contribution in [0.3, 0.4) is 0 Å². The van der Waals surface area contributed by atoms with E-state index in [4.69, 9.17) is 21.4 Å². The minimum Gasteiger partial charge on any atom is -0.361 e. The third-order valence-corrected chi connectivity index (χ3v) is 5.68. The molecular weight excluding hydrogens is 376 g/mol. The van der Waals surface area contributed by atoms with Crippen molar-refractivity contribution in [3.63, 3.8) is 0 Å². The summed E-state index contributed by atoms with van der Waals surface area (Å²) < 4.78 is 0. The number of hydroxylamine groups is 1. The number of benzene rings is 2. The molecule has 7 heteroatoms. The number of fused-ring (bicyclic) bond motifs is 1. The Morgan fingerprint density at radius 2 is 1.89 bits per heavy atom. The number of nitrogens with one attached hydrogen (secondary N) is 2. The molecule has 2 aromatic carbocycles. The van der Waals surface area contributed by atoms with Gasteiger partial charge >= 0.3 is 0 Å². The Kier molecular flexibility index (Phi) is 4.10. The number of nitrogens with zero attached hydrogens (tertiary/aromatic N) is 2. The molecular formula is C21H19ClN4O2. The second kappa shape index (κ2) is 6.65. The molecule has 1 aromatic heterocycles. The highest BCUT2D eigenvalue weighted by Gasteiger charge is 2.41. The molecule has 0 saturated carbocycles. The van der Waals surface area contributed by atoms with Gasteiger partial charge in [0.15, 0.2) is 11.6 Å². The molecule has 5 rings (SSSR count). The van der Waals surface area contributed by atoms with Gasteiger partial charge in [0.05, 0.1) is 0 Å². The Bertz CT molecular complexity index is 1070. The van der Waals surface area contributed by atoms with Crippen LogP contribution in [0.5, 0.6) is 0 Å². The fourth-order valence-corrected chi connectivity index (χ4v) is 3.97. The minimum atomic E-state index is -0.619. The van der Waals surface area contributed by atoms with Crippen molar-refractivity contribution in [2.24, 2.45) is 4.99 Å². The zero-order valence-corrected chi connectivity index (χ0v) is 15.9. The van der Waals surface area contributed by atoms with Crippen LogP contribution in [-0.2, 0) is 4.84 Å². The Morgan fingerprint density at radius 3 is 2.68 bits per heavy atom. The number of hydrogen-bond donors (Lipinski definition) is 2. The van der Waals surface area contributed by atoms with Crippen LogP contribution in [0.25, 0.3) is 10.9 Å². The van der Waals surface area contributed by atoms with Crippen LogP contribution in [0.2, 0.25) is 5.02 Å². The van der Waals surface area contributed by atoms with Gasteiger partial charge in [0.25, 0.3) is 5.91 Å². The SMILES string of the molecule is O=C(c1cccc2[nH]ccc12)N1CCC2(CC1)N=C(c1ccc(Cl)cc1)NO2. The molecule has 6 nitrogen and oxygen atoms in total. The van der Waals surface area contributed by atoms with E-state index in [0.29, 0.717) is 36.8 Å². The van der Waals surface area contributed by atoms with Gasteiger partial charge in [-0.3, -0.25) is 4.79 Å². The number of amidine groups is 1. The van der Waals surface area contributed by atoms with Gasteiger partial charge < -0.3 is 9.88 Å². The Balaban J connectivity index is 1.32. The van der Waals surface area contributed by atoms with E-state index in [9.17, 15) is 4.79 Å².